The maximum Gasteiger partial charge on any atom is 0.323 e. The van der Waals surface area contributed by atoms with Gasteiger partial charge in [-0.05, 0) is 18.4 Å². The first kappa shape index (κ1) is 15.0. The minimum Gasteiger partial charge on any atom is -0.468 e. The van der Waals surface area contributed by atoms with Crippen LogP contribution in [0.4, 0.5) is 0 Å². The van der Waals surface area contributed by atoms with E-state index in [-0.39, 0.29) is 24.1 Å². The largest absolute Gasteiger partial charge is 0.468 e. The number of ether oxygens (including phenoxy) is 1. The molecule has 2 rings (SSSR count). The van der Waals surface area contributed by atoms with Crippen LogP contribution in [0.15, 0.2) is 30.3 Å². The Morgan fingerprint density at radius 2 is 1.90 bits per heavy atom. The maximum atomic E-state index is 12.1. The Hall–Kier alpha value is -1.43. The van der Waals surface area contributed by atoms with Gasteiger partial charge in [-0.1, -0.05) is 30.3 Å². The monoisotopic (exact) mass is 277 g/mol. The topological polar surface area (TPSA) is 81.6 Å². The van der Waals surface area contributed by atoms with Gasteiger partial charge in [0.25, 0.3) is 0 Å². The highest BCUT2D eigenvalue weighted by atomic mass is 16.5. The summed E-state index contributed by atoms with van der Waals surface area (Å²) < 4.78 is 4.95. The van der Waals surface area contributed by atoms with Crippen LogP contribution < -0.4 is 11.5 Å². The average molecular weight is 277 g/mol. The van der Waals surface area contributed by atoms with Crippen molar-refractivity contribution >= 4 is 5.97 Å². The summed E-state index contributed by atoms with van der Waals surface area (Å²) in [5, 5.41) is 0. The number of carbonyl (C=O) groups excluding carboxylic acids is 1. The number of methoxy groups -OCH3 is 1. The van der Waals surface area contributed by atoms with Crippen LogP contribution in [0.5, 0.6) is 0 Å². The molecule has 0 saturated carbocycles. The number of rotatable bonds is 4. The highest BCUT2D eigenvalue weighted by molar-refractivity contribution is 5.76. The van der Waals surface area contributed by atoms with Gasteiger partial charge in [0, 0.05) is 25.2 Å². The fourth-order valence-corrected chi connectivity index (χ4v) is 2.80. The number of nitrogens with two attached hydrogens (primary N) is 2. The minimum absolute atomic E-state index is 0.0154. The third kappa shape index (κ3) is 3.79. The number of esters is 1. The lowest BCUT2D eigenvalue weighted by Crippen LogP contribution is -2.57. The van der Waals surface area contributed by atoms with Crippen LogP contribution in [0, 0.1) is 0 Å². The highest BCUT2D eigenvalue weighted by Crippen LogP contribution is 2.16. The molecule has 0 aliphatic carbocycles. The number of hydrogen-bond donors (Lipinski definition) is 2. The Balaban J connectivity index is 2.13. The van der Waals surface area contributed by atoms with E-state index >= 15 is 0 Å². The van der Waals surface area contributed by atoms with Gasteiger partial charge in [0.15, 0.2) is 0 Å². The number of hydrogen-bond acceptors (Lipinski definition) is 5. The van der Waals surface area contributed by atoms with Gasteiger partial charge in [0.1, 0.15) is 6.04 Å². The molecule has 1 aliphatic heterocycles. The second-order valence-electron chi connectivity index (χ2n) is 5.44. The smallest absolute Gasteiger partial charge is 0.323 e. The Morgan fingerprint density at radius 1 is 1.30 bits per heavy atom. The first-order valence-electron chi connectivity index (χ1n) is 6.97. The van der Waals surface area contributed by atoms with E-state index in [0.29, 0.717) is 19.5 Å². The molecule has 5 heteroatoms. The molecular weight excluding hydrogens is 254 g/mol. The summed E-state index contributed by atoms with van der Waals surface area (Å²) in [4.78, 5) is 14.1. The minimum atomic E-state index is -0.320. The molecular formula is C15H23N3O2. The van der Waals surface area contributed by atoms with Gasteiger partial charge < -0.3 is 16.2 Å². The molecule has 0 unspecified atom stereocenters. The van der Waals surface area contributed by atoms with E-state index in [0.717, 1.165) is 12.0 Å². The fourth-order valence-electron chi connectivity index (χ4n) is 2.80. The molecule has 0 spiro atoms. The van der Waals surface area contributed by atoms with Crippen LogP contribution in [0.2, 0.25) is 0 Å². The fraction of sp³-hybridized carbons (Fsp3) is 0.533. The van der Waals surface area contributed by atoms with Crippen molar-refractivity contribution in [1.82, 2.24) is 4.90 Å². The molecule has 0 radical (unpaired) electrons. The summed E-state index contributed by atoms with van der Waals surface area (Å²) in [5.41, 5.74) is 13.1. The van der Waals surface area contributed by atoms with E-state index in [2.05, 4.69) is 4.90 Å². The van der Waals surface area contributed by atoms with Crippen molar-refractivity contribution in [3.8, 4) is 0 Å². The van der Waals surface area contributed by atoms with E-state index in [4.69, 9.17) is 16.2 Å². The van der Waals surface area contributed by atoms with E-state index in [1.165, 1.54) is 7.11 Å². The van der Waals surface area contributed by atoms with Crippen molar-refractivity contribution in [2.24, 2.45) is 11.5 Å². The molecule has 4 N–H and O–H groups in total. The van der Waals surface area contributed by atoms with Gasteiger partial charge >= 0.3 is 5.97 Å². The molecule has 20 heavy (non-hydrogen) atoms. The highest BCUT2D eigenvalue weighted by Gasteiger charge is 2.32. The van der Waals surface area contributed by atoms with Crippen LogP contribution in [0.1, 0.15) is 12.0 Å². The van der Waals surface area contributed by atoms with Crippen LogP contribution in [-0.4, -0.2) is 49.2 Å². The molecule has 0 aromatic heterocycles. The normalized spacial score (nSPS) is 25.1. The van der Waals surface area contributed by atoms with Crippen molar-refractivity contribution in [2.75, 3.05) is 20.2 Å². The van der Waals surface area contributed by atoms with Crippen molar-refractivity contribution < 1.29 is 9.53 Å². The zero-order chi connectivity index (χ0) is 14.5. The number of benzene rings is 1. The molecule has 0 amide bonds. The SMILES string of the molecule is COC(=O)[C@@H](Cc1ccccc1)N1C[C@H](N)C[C@H](N)C1. The maximum absolute atomic E-state index is 12.1. The van der Waals surface area contributed by atoms with E-state index in [1.807, 2.05) is 30.3 Å². The molecule has 1 aromatic carbocycles. The van der Waals surface area contributed by atoms with Gasteiger partial charge in [-0.2, -0.15) is 0 Å². The van der Waals surface area contributed by atoms with Gasteiger partial charge in [0.2, 0.25) is 0 Å². The van der Waals surface area contributed by atoms with Gasteiger partial charge in [-0.3, -0.25) is 9.69 Å². The van der Waals surface area contributed by atoms with E-state index in [9.17, 15) is 4.79 Å². The van der Waals surface area contributed by atoms with Crippen LogP contribution >= 0.6 is 0 Å². The summed E-state index contributed by atoms with van der Waals surface area (Å²) in [7, 11) is 1.42. The number of likely N-dealkylation sites (tertiary alicyclic amines) is 1. The Labute approximate surface area is 119 Å². The average Bonchev–Trinajstić information content (AvgIpc) is 2.44. The van der Waals surface area contributed by atoms with E-state index in [1.54, 1.807) is 0 Å². The lowest BCUT2D eigenvalue weighted by atomic mass is 9.97. The molecule has 1 fully saturated rings. The third-order valence-electron chi connectivity index (χ3n) is 3.73. The standard InChI is InChI=1S/C15H23N3O2/c1-20-15(19)14(7-11-5-3-2-4-6-11)18-9-12(16)8-13(17)10-18/h2-6,12-14H,7-10,16-17H2,1H3/t12-,13+,14-/m1/s1. The first-order valence-corrected chi connectivity index (χ1v) is 6.97. The second-order valence-corrected chi connectivity index (χ2v) is 5.44. The van der Waals surface area contributed by atoms with Crippen molar-refractivity contribution in [2.45, 2.75) is 31.0 Å². The zero-order valence-corrected chi connectivity index (χ0v) is 11.9. The molecule has 5 nitrogen and oxygen atoms in total. The quantitative estimate of drug-likeness (QED) is 0.765. The lowest BCUT2D eigenvalue weighted by molar-refractivity contribution is -0.147. The third-order valence-corrected chi connectivity index (χ3v) is 3.73. The van der Waals surface area contributed by atoms with E-state index < -0.39 is 0 Å². The molecule has 0 bridgehead atoms. The molecule has 1 aromatic rings. The Kier molecular flexibility index (Phi) is 5.11. The summed E-state index contributed by atoms with van der Waals surface area (Å²) in [6.07, 6.45) is 1.42. The molecule has 1 aliphatic rings. The van der Waals surface area contributed by atoms with Gasteiger partial charge in [-0.25, -0.2) is 0 Å². The zero-order valence-electron chi connectivity index (χ0n) is 11.9. The summed E-state index contributed by atoms with van der Waals surface area (Å²) >= 11 is 0. The summed E-state index contributed by atoms with van der Waals surface area (Å²) in [6, 6.07) is 9.64. The second kappa shape index (κ2) is 6.83. The van der Waals surface area contributed by atoms with Crippen molar-refractivity contribution in [1.29, 1.82) is 0 Å². The molecule has 110 valence electrons. The Morgan fingerprint density at radius 3 is 2.45 bits per heavy atom. The van der Waals surface area contributed by atoms with Crippen molar-refractivity contribution in [3.05, 3.63) is 35.9 Å². The Bertz CT molecular complexity index is 428. The van der Waals surface area contributed by atoms with Crippen molar-refractivity contribution in [3.63, 3.8) is 0 Å². The van der Waals surface area contributed by atoms with Gasteiger partial charge in [0.05, 0.1) is 7.11 Å². The first-order chi connectivity index (χ1) is 9.60. The predicted molar refractivity (Wildman–Crippen MR) is 78.1 cm³/mol. The van der Waals surface area contributed by atoms with Crippen LogP contribution in [-0.2, 0) is 16.0 Å². The molecule has 3 atom stereocenters. The van der Waals surface area contributed by atoms with Gasteiger partial charge in [-0.15, -0.1) is 0 Å². The van der Waals surface area contributed by atoms with Crippen LogP contribution in [0.3, 0.4) is 0 Å². The number of carbonyl (C=O) groups is 1. The summed E-state index contributed by atoms with van der Waals surface area (Å²) in [5.74, 6) is -0.227. The number of nitrogens with zero attached hydrogens (tertiary/aromatic N) is 1. The molecule has 1 saturated heterocycles. The molecule has 1 heterocycles. The lowest BCUT2D eigenvalue weighted by Gasteiger charge is -2.38. The van der Waals surface area contributed by atoms with Crippen LogP contribution in [0.25, 0.3) is 0 Å². The predicted octanol–water partition coefficient (Wildman–Crippen LogP) is 0.131. The summed E-state index contributed by atoms with van der Waals surface area (Å²) in [6.45, 7) is 1.36. The number of piperidine rings is 1.